The van der Waals surface area contributed by atoms with Gasteiger partial charge in [0.05, 0.1) is 12.1 Å². The van der Waals surface area contributed by atoms with E-state index in [1.54, 1.807) is 0 Å². The van der Waals surface area contributed by atoms with Crippen LogP contribution in [-0.2, 0) is 4.74 Å². The maximum Gasteiger partial charge on any atom is 0.185 e. The van der Waals surface area contributed by atoms with Gasteiger partial charge in [0, 0.05) is 29.3 Å². The number of nitrogens with one attached hydrogen (secondary N) is 1. The molecule has 3 nitrogen and oxygen atoms in total. The van der Waals surface area contributed by atoms with Crippen molar-refractivity contribution in [2.75, 3.05) is 11.9 Å². The number of Topliss-reactive ketones (excluding diaryl/α,β-unsaturated/α-hetero) is 1. The summed E-state index contributed by atoms with van der Waals surface area (Å²) in [6.07, 6.45) is 0.968. The SMILES string of the molecule is O=C(c1ccccc1)[C@H]1Nc2ccccc2[C@H]2OCC[C@@H]12. The molecule has 0 bridgehead atoms. The number of hydrogen-bond acceptors (Lipinski definition) is 3. The van der Waals surface area contributed by atoms with E-state index in [4.69, 9.17) is 4.74 Å². The number of hydrogen-bond donors (Lipinski definition) is 1. The van der Waals surface area contributed by atoms with Crippen molar-refractivity contribution < 1.29 is 9.53 Å². The lowest BCUT2D eigenvalue weighted by Gasteiger charge is -2.35. The first-order valence-electron chi connectivity index (χ1n) is 7.41. The predicted molar refractivity (Wildman–Crippen MR) is 81.4 cm³/mol. The summed E-state index contributed by atoms with van der Waals surface area (Å²) in [6.45, 7) is 0.726. The number of rotatable bonds is 2. The van der Waals surface area contributed by atoms with Crippen LogP contribution in [0.4, 0.5) is 5.69 Å². The Labute approximate surface area is 123 Å². The van der Waals surface area contributed by atoms with Gasteiger partial charge in [-0.05, 0) is 12.5 Å². The van der Waals surface area contributed by atoms with E-state index in [0.717, 1.165) is 24.3 Å². The molecule has 2 aliphatic heterocycles. The van der Waals surface area contributed by atoms with Crippen LogP contribution in [0.2, 0.25) is 0 Å². The van der Waals surface area contributed by atoms with Gasteiger partial charge in [0.1, 0.15) is 0 Å². The van der Waals surface area contributed by atoms with Gasteiger partial charge in [-0.15, -0.1) is 0 Å². The minimum Gasteiger partial charge on any atom is -0.374 e. The molecule has 2 aromatic carbocycles. The molecule has 0 radical (unpaired) electrons. The zero-order valence-electron chi connectivity index (χ0n) is 11.7. The van der Waals surface area contributed by atoms with Crippen molar-refractivity contribution in [3.05, 3.63) is 65.7 Å². The van der Waals surface area contributed by atoms with Gasteiger partial charge in [0.2, 0.25) is 0 Å². The zero-order valence-corrected chi connectivity index (χ0v) is 11.7. The molecule has 0 aliphatic carbocycles. The molecule has 2 aromatic rings. The molecule has 106 valence electrons. The molecule has 3 atom stereocenters. The van der Waals surface area contributed by atoms with Gasteiger partial charge in [0.25, 0.3) is 0 Å². The van der Waals surface area contributed by atoms with Crippen molar-refractivity contribution in [2.24, 2.45) is 5.92 Å². The number of ketones is 1. The number of para-hydroxylation sites is 1. The van der Waals surface area contributed by atoms with Crippen LogP contribution in [0, 0.1) is 5.92 Å². The molecule has 1 fully saturated rings. The van der Waals surface area contributed by atoms with E-state index in [-0.39, 0.29) is 23.8 Å². The Kier molecular flexibility index (Phi) is 3.00. The first-order chi connectivity index (χ1) is 10.3. The Balaban J connectivity index is 1.72. The minimum absolute atomic E-state index is 0.0418. The van der Waals surface area contributed by atoms with E-state index in [1.807, 2.05) is 48.5 Å². The van der Waals surface area contributed by atoms with Crippen molar-refractivity contribution in [3.63, 3.8) is 0 Å². The van der Waals surface area contributed by atoms with Crippen LogP contribution in [0.5, 0.6) is 0 Å². The van der Waals surface area contributed by atoms with E-state index < -0.39 is 0 Å². The van der Waals surface area contributed by atoms with E-state index in [0.29, 0.717) is 0 Å². The Morgan fingerprint density at radius 1 is 1.05 bits per heavy atom. The highest BCUT2D eigenvalue weighted by Crippen LogP contribution is 2.45. The second-order valence-corrected chi connectivity index (χ2v) is 5.68. The molecular formula is C18H17NO2. The zero-order chi connectivity index (χ0) is 14.2. The van der Waals surface area contributed by atoms with Crippen LogP contribution in [0.15, 0.2) is 54.6 Å². The Morgan fingerprint density at radius 3 is 2.67 bits per heavy atom. The minimum atomic E-state index is -0.199. The second kappa shape index (κ2) is 5.01. The molecule has 0 amide bonds. The third kappa shape index (κ3) is 2.05. The van der Waals surface area contributed by atoms with Crippen molar-refractivity contribution in [3.8, 4) is 0 Å². The van der Waals surface area contributed by atoms with Crippen LogP contribution < -0.4 is 5.32 Å². The van der Waals surface area contributed by atoms with Crippen LogP contribution >= 0.6 is 0 Å². The lowest BCUT2D eigenvalue weighted by molar-refractivity contribution is 0.0726. The second-order valence-electron chi connectivity index (χ2n) is 5.68. The Hall–Kier alpha value is -2.13. The van der Waals surface area contributed by atoms with Crippen LogP contribution in [0.1, 0.15) is 28.4 Å². The number of fused-ring (bicyclic) bond motifs is 3. The fourth-order valence-electron chi connectivity index (χ4n) is 3.46. The molecule has 1 N–H and O–H groups in total. The fraction of sp³-hybridized carbons (Fsp3) is 0.278. The highest BCUT2D eigenvalue weighted by atomic mass is 16.5. The number of carbonyl (C=O) groups is 1. The molecule has 21 heavy (non-hydrogen) atoms. The van der Waals surface area contributed by atoms with Gasteiger partial charge in [0.15, 0.2) is 5.78 Å². The number of carbonyl (C=O) groups excluding carboxylic acids is 1. The maximum absolute atomic E-state index is 12.8. The molecule has 4 rings (SSSR count). The van der Waals surface area contributed by atoms with E-state index in [2.05, 4.69) is 11.4 Å². The molecule has 0 saturated carbocycles. The molecule has 0 spiro atoms. The summed E-state index contributed by atoms with van der Waals surface area (Å²) in [6, 6.07) is 17.5. The van der Waals surface area contributed by atoms with Gasteiger partial charge in [-0.3, -0.25) is 4.79 Å². The standard InChI is InChI=1S/C18H17NO2/c20-17(12-6-2-1-3-7-12)16-14-10-11-21-18(14)13-8-4-5-9-15(13)19-16/h1-9,14,16,18-19H,10-11H2/t14-,16-,18+/m0/s1. The van der Waals surface area contributed by atoms with Crippen molar-refractivity contribution in [1.82, 2.24) is 0 Å². The van der Waals surface area contributed by atoms with Gasteiger partial charge in [-0.2, -0.15) is 0 Å². The summed E-state index contributed by atoms with van der Waals surface area (Å²) in [5.74, 6) is 0.373. The maximum atomic E-state index is 12.8. The normalized spacial score (nSPS) is 26.6. The summed E-state index contributed by atoms with van der Waals surface area (Å²) >= 11 is 0. The van der Waals surface area contributed by atoms with Crippen LogP contribution in [0.3, 0.4) is 0 Å². The smallest absolute Gasteiger partial charge is 0.185 e. The molecular weight excluding hydrogens is 262 g/mol. The summed E-state index contributed by atoms with van der Waals surface area (Å²) in [5.41, 5.74) is 2.96. The fourth-order valence-corrected chi connectivity index (χ4v) is 3.46. The van der Waals surface area contributed by atoms with Gasteiger partial charge >= 0.3 is 0 Å². The first-order valence-corrected chi connectivity index (χ1v) is 7.41. The number of anilines is 1. The average Bonchev–Trinajstić information content (AvgIpc) is 3.04. The highest BCUT2D eigenvalue weighted by Gasteiger charge is 2.43. The quantitative estimate of drug-likeness (QED) is 0.856. The lowest BCUT2D eigenvalue weighted by Crippen LogP contribution is -2.42. The molecule has 1 saturated heterocycles. The van der Waals surface area contributed by atoms with Gasteiger partial charge < -0.3 is 10.1 Å². The summed E-state index contributed by atoms with van der Waals surface area (Å²) in [5, 5.41) is 3.44. The molecule has 0 unspecified atom stereocenters. The van der Waals surface area contributed by atoms with E-state index >= 15 is 0 Å². The largest absolute Gasteiger partial charge is 0.374 e. The molecule has 2 heterocycles. The summed E-state index contributed by atoms with van der Waals surface area (Å²) in [4.78, 5) is 12.8. The van der Waals surface area contributed by atoms with Gasteiger partial charge in [-0.1, -0.05) is 48.5 Å². The third-order valence-corrected chi connectivity index (χ3v) is 4.48. The van der Waals surface area contributed by atoms with Crippen molar-refractivity contribution in [1.29, 1.82) is 0 Å². The monoisotopic (exact) mass is 279 g/mol. The first kappa shape index (κ1) is 12.6. The van der Waals surface area contributed by atoms with Crippen molar-refractivity contribution in [2.45, 2.75) is 18.6 Å². The average molecular weight is 279 g/mol. The topological polar surface area (TPSA) is 38.3 Å². The molecule has 3 heteroatoms. The third-order valence-electron chi connectivity index (χ3n) is 4.48. The van der Waals surface area contributed by atoms with E-state index in [1.165, 1.54) is 5.56 Å². The van der Waals surface area contributed by atoms with Gasteiger partial charge in [-0.25, -0.2) is 0 Å². The molecule has 0 aromatic heterocycles. The lowest BCUT2D eigenvalue weighted by atomic mass is 9.81. The number of ether oxygens (including phenoxy) is 1. The van der Waals surface area contributed by atoms with Crippen LogP contribution in [-0.4, -0.2) is 18.4 Å². The predicted octanol–water partition coefficient (Wildman–Crippen LogP) is 3.44. The Morgan fingerprint density at radius 2 is 1.81 bits per heavy atom. The Bertz CT molecular complexity index is 668. The summed E-state index contributed by atoms with van der Waals surface area (Å²) in [7, 11) is 0. The van der Waals surface area contributed by atoms with E-state index in [9.17, 15) is 4.79 Å². The number of benzene rings is 2. The van der Waals surface area contributed by atoms with Crippen molar-refractivity contribution >= 4 is 11.5 Å². The molecule has 2 aliphatic rings. The summed E-state index contributed by atoms with van der Waals surface area (Å²) < 4.78 is 5.91. The highest BCUT2D eigenvalue weighted by molar-refractivity contribution is 6.02. The van der Waals surface area contributed by atoms with Crippen LogP contribution in [0.25, 0.3) is 0 Å².